The van der Waals surface area contributed by atoms with Crippen LogP contribution in [0.5, 0.6) is 0 Å². The highest BCUT2D eigenvalue weighted by molar-refractivity contribution is 9.10. The minimum Gasteiger partial charge on any atom is -0.384 e. The molecule has 2 rings (SSSR count). The fraction of sp³-hybridized carbons (Fsp3) is 0.143. The van der Waals surface area contributed by atoms with E-state index in [1.807, 2.05) is 55.4 Å². The Morgan fingerprint density at radius 2 is 2.05 bits per heavy atom. The highest BCUT2D eigenvalue weighted by atomic mass is 79.9. The number of para-hydroxylation sites is 1. The molecule has 0 aliphatic rings. The summed E-state index contributed by atoms with van der Waals surface area (Å²) in [6, 6.07) is 9.54. The largest absolute Gasteiger partial charge is 0.384 e. The number of hydrogen-bond donors (Lipinski definition) is 2. The van der Waals surface area contributed by atoms with Crippen molar-refractivity contribution in [3.8, 4) is 0 Å². The number of aryl methyl sites for hydroxylation is 1. The maximum Gasteiger partial charge on any atom is 0.147 e. The zero-order valence-electron chi connectivity index (χ0n) is 10.8. The molecule has 0 saturated heterocycles. The number of nitrogen functional groups attached to an aromatic ring is 1. The van der Waals surface area contributed by atoms with E-state index in [9.17, 15) is 0 Å². The molecular formula is C14H15BrN4. The number of pyridine rings is 1. The summed E-state index contributed by atoms with van der Waals surface area (Å²) < 4.78 is 0.911. The molecule has 3 N–H and O–H groups in total. The topological polar surface area (TPSA) is 66.0 Å². The van der Waals surface area contributed by atoms with Crippen LogP contribution < -0.4 is 10.6 Å². The highest BCUT2D eigenvalue weighted by Crippen LogP contribution is 2.31. The van der Waals surface area contributed by atoms with Gasteiger partial charge in [-0.05, 0) is 46.6 Å². The van der Waals surface area contributed by atoms with Gasteiger partial charge in [0.2, 0.25) is 0 Å². The molecule has 0 radical (unpaired) electrons. The molecule has 1 aromatic carbocycles. The Bertz CT molecular complexity index is 625. The average molecular weight is 319 g/mol. The summed E-state index contributed by atoms with van der Waals surface area (Å²) in [6.07, 6.45) is 1.81. The van der Waals surface area contributed by atoms with Crippen LogP contribution in [0.2, 0.25) is 0 Å². The van der Waals surface area contributed by atoms with Crippen LogP contribution in [-0.4, -0.2) is 17.9 Å². The van der Waals surface area contributed by atoms with Gasteiger partial charge in [0.25, 0.3) is 0 Å². The Balaban J connectivity index is 2.50. The van der Waals surface area contributed by atoms with E-state index in [0.717, 1.165) is 21.5 Å². The van der Waals surface area contributed by atoms with Crippen molar-refractivity contribution in [3.05, 3.63) is 52.1 Å². The molecule has 0 amide bonds. The normalized spacial score (nSPS) is 10.3. The Labute approximate surface area is 120 Å². The number of nitrogens with zero attached hydrogens (tertiary/aromatic N) is 2. The molecular weight excluding hydrogens is 304 g/mol. The molecule has 1 aromatic heterocycles. The summed E-state index contributed by atoms with van der Waals surface area (Å²) in [6.45, 7) is 1.99. The standard InChI is InChI=1S/C14H15BrN4/c1-9-7-11(15)14(18-8-9)19(2)12-6-4-3-5-10(12)13(16)17/h3-8H,1-2H3,(H3,16,17). The molecule has 1 heterocycles. The first-order chi connectivity index (χ1) is 9.00. The van der Waals surface area contributed by atoms with Gasteiger partial charge in [0.05, 0.1) is 10.2 Å². The molecule has 0 aliphatic heterocycles. The summed E-state index contributed by atoms with van der Waals surface area (Å²) in [5.74, 6) is 0.838. The van der Waals surface area contributed by atoms with Gasteiger partial charge in [-0.25, -0.2) is 4.98 Å². The van der Waals surface area contributed by atoms with Crippen LogP contribution >= 0.6 is 15.9 Å². The van der Waals surface area contributed by atoms with Gasteiger partial charge in [0.15, 0.2) is 0 Å². The van der Waals surface area contributed by atoms with E-state index in [2.05, 4.69) is 20.9 Å². The molecule has 19 heavy (non-hydrogen) atoms. The lowest BCUT2D eigenvalue weighted by Crippen LogP contribution is -2.19. The van der Waals surface area contributed by atoms with E-state index in [0.29, 0.717) is 5.56 Å². The number of benzene rings is 1. The SMILES string of the molecule is Cc1cnc(N(C)c2ccccc2C(=N)N)c(Br)c1. The minimum absolute atomic E-state index is 0.0469. The number of aromatic nitrogens is 1. The van der Waals surface area contributed by atoms with Crippen molar-refractivity contribution in [2.45, 2.75) is 6.92 Å². The summed E-state index contributed by atoms with van der Waals surface area (Å²) in [7, 11) is 1.91. The first-order valence-corrected chi connectivity index (χ1v) is 6.59. The van der Waals surface area contributed by atoms with Crippen molar-refractivity contribution in [3.63, 3.8) is 0 Å². The number of nitrogens with one attached hydrogen (secondary N) is 1. The lowest BCUT2D eigenvalue weighted by Gasteiger charge is -2.22. The number of halogens is 1. The molecule has 2 aromatic rings. The predicted molar refractivity (Wildman–Crippen MR) is 82.2 cm³/mol. The summed E-state index contributed by atoms with van der Waals surface area (Å²) in [5, 5.41) is 7.64. The zero-order chi connectivity index (χ0) is 14.0. The van der Waals surface area contributed by atoms with Gasteiger partial charge in [0.1, 0.15) is 11.7 Å². The van der Waals surface area contributed by atoms with Crippen LogP contribution in [0, 0.1) is 12.3 Å². The third-order valence-corrected chi connectivity index (χ3v) is 3.42. The Kier molecular flexibility index (Phi) is 3.85. The molecule has 0 bridgehead atoms. The molecule has 0 atom stereocenters. The van der Waals surface area contributed by atoms with Gasteiger partial charge < -0.3 is 10.6 Å². The second kappa shape index (κ2) is 5.40. The van der Waals surface area contributed by atoms with Crippen LogP contribution in [0.25, 0.3) is 0 Å². The third-order valence-electron chi connectivity index (χ3n) is 2.83. The molecule has 0 spiro atoms. The molecule has 0 fully saturated rings. The maximum atomic E-state index is 7.64. The van der Waals surface area contributed by atoms with Gasteiger partial charge in [-0.3, -0.25) is 5.41 Å². The first kappa shape index (κ1) is 13.5. The van der Waals surface area contributed by atoms with E-state index >= 15 is 0 Å². The van der Waals surface area contributed by atoms with Gasteiger partial charge in [0, 0.05) is 18.8 Å². The van der Waals surface area contributed by atoms with E-state index < -0.39 is 0 Å². The van der Waals surface area contributed by atoms with Crippen molar-refractivity contribution >= 4 is 33.3 Å². The molecule has 5 heteroatoms. The number of hydrogen-bond acceptors (Lipinski definition) is 3. The van der Waals surface area contributed by atoms with Gasteiger partial charge in [-0.1, -0.05) is 12.1 Å². The fourth-order valence-corrected chi connectivity index (χ4v) is 2.61. The van der Waals surface area contributed by atoms with Crippen LogP contribution in [0.3, 0.4) is 0 Å². The second-order valence-electron chi connectivity index (χ2n) is 4.31. The highest BCUT2D eigenvalue weighted by Gasteiger charge is 2.14. The molecule has 0 unspecified atom stereocenters. The van der Waals surface area contributed by atoms with Crippen LogP contribution in [0.4, 0.5) is 11.5 Å². The molecule has 98 valence electrons. The molecule has 4 nitrogen and oxygen atoms in total. The van der Waals surface area contributed by atoms with Crippen molar-refractivity contribution < 1.29 is 0 Å². The quantitative estimate of drug-likeness (QED) is 0.674. The Hall–Kier alpha value is -1.88. The van der Waals surface area contributed by atoms with Gasteiger partial charge in [-0.15, -0.1) is 0 Å². The number of anilines is 2. The minimum atomic E-state index is 0.0469. The van der Waals surface area contributed by atoms with E-state index in [4.69, 9.17) is 11.1 Å². The van der Waals surface area contributed by atoms with Crippen LogP contribution in [-0.2, 0) is 0 Å². The smallest absolute Gasteiger partial charge is 0.147 e. The predicted octanol–water partition coefficient (Wildman–Crippen LogP) is 3.20. The zero-order valence-corrected chi connectivity index (χ0v) is 12.4. The fourth-order valence-electron chi connectivity index (χ4n) is 1.88. The van der Waals surface area contributed by atoms with Gasteiger partial charge in [-0.2, -0.15) is 0 Å². The summed E-state index contributed by atoms with van der Waals surface area (Å²) in [4.78, 5) is 6.34. The molecule has 0 saturated carbocycles. The van der Waals surface area contributed by atoms with Crippen LogP contribution in [0.1, 0.15) is 11.1 Å². The number of nitrogens with two attached hydrogens (primary N) is 1. The average Bonchev–Trinajstić information content (AvgIpc) is 2.38. The Morgan fingerprint density at radius 3 is 2.68 bits per heavy atom. The van der Waals surface area contributed by atoms with Crippen LogP contribution in [0.15, 0.2) is 41.0 Å². The molecule has 0 aliphatic carbocycles. The van der Waals surface area contributed by atoms with E-state index in [-0.39, 0.29) is 5.84 Å². The van der Waals surface area contributed by atoms with Crippen molar-refractivity contribution in [1.29, 1.82) is 5.41 Å². The third kappa shape index (κ3) is 2.76. The van der Waals surface area contributed by atoms with Crippen molar-refractivity contribution in [1.82, 2.24) is 4.98 Å². The summed E-state index contributed by atoms with van der Waals surface area (Å²) >= 11 is 3.52. The number of amidine groups is 1. The van der Waals surface area contributed by atoms with Gasteiger partial charge >= 0.3 is 0 Å². The lowest BCUT2D eigenvalue weighted by molar-refractivity contribution is 1.10. The summed E-state index contributed by atoms with van der Waals surface area (Å²) in [5.41, 5.74) is 8.25. The van der Waals surface area contributed by atoms with E-state index in [1.54, 1.807) is 0 Å². The van der Waals surface area contributed by atoms with Crippen molar-refractivity contribution in [2.75, 3.05) is 11.9 Å². The first-order valence-electron chi connectivity index (χ1n) is 5.80. The monoisotopic (exact) mass is 318 g/mol. The maximum absolute atomic E-state index is 7.64. The van der Waals surface area contributed by atoms with E-state index in [1.165, 1.54) is 0 Å². The van der Waals surface area contributed by atoms with Crippen molar-refractivity contribution in [2.24, 2.45) is 5.73 Å². The second-order valence-corrected chi connectivity index (χ2v) is 5.16. The lowest BCUT2D eigenvalue weighted by atomic mass is 10.1. The number of rotatable bonds is 3. The Morgan fingerprint density at radius 1 is 1.37 bits per heavy atom.